The Balaban J connectivity index is 1.94. The van der Waals surface area contributed by atoms with E-state index in [0.717, 1.165) is 31.8 Å². The van der Waals surface area contributed by atoms with E-state index in [1.54, 1.807) is 4.90 Å². The van der Waals surface area contributed by atoms with Crippen LogP contribution in [-0.2, 0) is 0 Å². The summed E-state index contributed by atoms with van der Waals surface area (Å²) < 4.78 is 0. The standard InChI is InChI=1S/C10H18N2O2/c1-11-9-4-7-2-3-12(10(13)14)6-8(7)5-9/h7-9,11H,2-6H2,1H3,(H,13,14). The molecule has 3 unspecified atom stereocenters. The van der Waals surface area contributed by atoms with E-state index < -0.39 is 6.09 Å². The molecule has 1 saturated heterocycles. The highest BCUT2D eigenvalue weighted by Gasteiger charge is 2.38. The number of piperidine rings is 1. The summed E-state index contributed by atoms with van der Waals surface area (Å²) in [4.78, 5) is 12.4. The Kier molecular flexibility index (Phi) is 2.63. The zero-order valence-electron chi connectivity index (χ0n) is 8.57. The zero-order chi connectivity index (χ0) is 10.1. The fraction of sp³-hybridized carbons (Fsp3) is 0.900. The molecule has 2 fully saturated rings. The highest BCUT2D eigenvalue weighted by molar-refractivity contribution is 5.65. The SMILES string of the molecule is CNC1CC2CCN(C(=O)O)CC2C1. The molecule has 14 heavy (non-hydrogen) atoms. The van der Waals surface area contributed by atoms with E-state index >= 15 is 0 Å². The Morgan fingerprint density at radius 3 is 2.79 bits per heavy atom. The number of hydrogen-bond donors (Lipinski definition) is 2. The van der Waals surface area contributed by atoms with Crippen molar-refractivity contribution < 1.29 is 9.90 Å². The quantitative estimate of drug-likeness (QED) is 0.660. The lowest BCUT2D eigenvalue weighted by Crippen LogP contribution is -2.41. The molecule has 0 aromatic heterocycles. The normalized spacial score (nSPS) is 36.9. The van der Waals surface area contributed by atoms with Gasteiger partial charge in [-0.25, -0.2) is 4.79 Å². The van der Waals surface area contributed by atoms with Crippen molar-refractivity contribution in [2.75, 3.05) is 20.1 Å². The molecule has 80 valence electrons. The van der Waals surface area contributed by atoms with Gasteiger partial charge >= 0.3 is 6.09 Å². The second-order valence-corrected chi connectivity index (χ2v) is 4.49. The van der Waals surface area contributed by atoms with Crippen LogP contribution in [0.4, 0.5) is 4.79 Å². The Hall–Kier alpha value is -0.770. The van der Waals surface area contributed by atoms with E-state index in [1.165, 1.54) is 6.42 Å². The van der Waals surface area contributed by atoms with Gasteiger partial charge in [-0.2, -0.15) is 0 Å². The molecule has 4 nitrogen and oxygen atoms in total. The van der Waals surface area contributed by atoms with Crippen LogP contribution in [0.25, 0.3) is 0 Å². The molecule has 2 rings (SSSR count). The molecule has 0 aromatic rings. The number of amides is 1. The summed E-state index contributed by atoms with van der Waals surface area (Å²) in [5, 5.41) is 12.2. The fourth-order valence-corrected chi connectivity index (χ4v) is 2.89. The molecule has 1 saturated carbocycles. The third-order valence-corrected chi connectivity index (χ3v) is 3.74. The molecular weight excluding hydrogens is 180 g/mol. The van der Waals surface area contributed by atoms with E-state index in [9.17, 15) is 4.79 Å². The van der Waals surface area contributed by atoms with Crippen LogP contribution in [0.5, 0.6) is 0 Å². The molecule has 1 aliphatic heterocycles. The maximum atomic E-state index is 10.8. The van der Waals surface area contributed by atoms with Crippen LogP contribution in [0.2, 0.25) is 0 Å². The van der Waals surface area contributed by atoms with Gasteiger partial charge in [-0.1, -0.05) is 0 Å². The van der Waals surface area contributed by atoms with E-state index in [-0.39, 0.29) is 0 Å². The molecule has 1 amide bonds. The number of hydrogen-bond acceptors (Lipinski definition) is 2. The first-order chi connectivity index (χ1) is 6.70. The molecular formula is C10H18N2O2. The lowest BCUT2D eigenvalue weighted by atomic mass is 9.89. The summed E-state index contributed by atoms with van der Waals surface area (Å²) >= 11 is 0. The highest BCUT2D eigenvalue weighted by Crippen LogP contribution is 2.37. The van der Waals surface area contributed by atoms with Crippen LogP contribution in [0.1, 0.15) is 19.3 Å². The first kappa shape index (κ1) is 9.77. The monoisotopic (exact) mass is 198 g/mol. The number of carboxylic acid groups (broad SMARTS) is 1. The van der Waals surface area contributed by atoms with Crippen LogP contribution in [0, 0.1) is 11.8 Å². The van der Waals surface area contributed by atoms with Gasteiger partial charge in [-0.05, 0) is 38.1 Å². The predicted octanol–water partition coefficient (Wildman–Crippen LogP) is 0.984. The molecule has 4 heteroatoms. The maximum absolute atomic E-state index is 10.8. The fourth-order valence-electron chi connectivity index (χ4n) is 2.89. The van der Waals surface area contributed by atoms with Gasteiger partial charge < -0.3 is 15.3 Å². The van der Waals surface area contributed by atoms with Gasteiger partial charge in [-0.15, -0.1) is 0 Å². The second kappa shape index (κ2) is 3.77. The minimum absolute atomic E-state index is 0.595. The van der Waals surface area contributed by atoms with Crippen LogP contribution >= 0.6 is 0 Å². The molecule has 2 aliphatic rings. The van der Waals surface area contributed by atoms with E-state index in [0.29, 0.717) is 12.0 Å². The van der Waals surface area contributed by atoms with Crippen LogP contribution in [0.15, 0.2) is 0 Å². The summed E-state index contributed by atoms with van der Waals surface area (Å²) in [6.07, 6.45) is 2.67. The largest absolute Gasteiger partial charge is 0.465 e. The number of fused-ring (bicyclic) bond motifs is 1. The number of rotatable bonds is 1. The van der Waals surface area contributed by atoms with E-state index in [2.05, 4.69) is 5.32 Å². The molecule has 0 spiro atoms. The average Bonchev–Trinajstić information content (AvgIpc) is 2.58. The maximum Gasteiger partial charge on any atom is 0.407 e. The summed E-state index contributed by atoms with van der Waals surface area (Å²) in [5.74, 6) is 1.35. The third-order valence-electron chi connectivity index (χ3n) is 3.74. The van der Waals surface area contributed by atoms with Gasteiger partial charge in [0, 0.05) is 19.1 Å². The smallest absolute Gasteiger partial charge is 0.407 e. The summed E-state index contributed by atoms with van der Waals surface area (Å²) in [5.41, 5.74) is 0. The number of carbonyl (C=O) groups is 1. The van der Waals surface area contributed by atoms with E-state index in [4.69, 9.17) is 5.11 Å². The van der Waals surface area contributed by atoms with E-state index in [1.807, 2.05) is 7.05 Å². The van der Waals surface area contributed by atoms with Gasteiger partial charge in [-0.3, -0.25) is 0 Å². The Bertz CT molecular complexity index is 232. The average molecular weight is 198 g/mol. The van der Waals surface area contributed by atoms with Crippen molar-refractivity contribution in [1.82, 2.24) is 10.2 Å². The summed E-state index contributed by atoms with van der Waals surface area (Å²) in [6.45, 7) is 1.48. The molecule has 0 radical (unpaired) electrons. The lowest BCUT2D eigenvalue weighted by Gasteiger charge is -2.32. The molecule has 0 aromatic carbocycles. The van der Waals surface area contributed by atoms with Gasteiger partial charge in [0.2, 0.25) is 0 Å². The number of nitrogens with one attached hydrogen (secondary N) is 1. The predicted molar refractivity (Wildman–Crippen MR) is 53.3 cm³/mol. The first-order valence-electron chi connectivity index (χ1n) is 5.36. The molecule has 2 N–H and O–H groups in total. The zero-order valence-corrected chi connectivity index (χ0v) is 8.57. The minimum atomic E-state index is -0.753. The van der Waals surface area contributed by atoms with Crippen molar-refractivity contribution in [1.29, 1.82) is 0 Å². The topological polar surface area (TPSA) is 52.6 Å². The lowest BCUT2D eigenvalue weighted by molar-refractivity contribution is 0.106. The second-order valence-electron chi connectivity index (χ2n) is 4.49. The van der Waals surface area contributed by atoms with Crippen molar-refractivity contribution in [3.8, 4) is 0 Å². The van der Waals surface area contributed by atoms with Crippen molar-refractivity contribution in [3.05, 3.63) is 0 Å². The Morgan fingerprint density at radius 1 is 1.43 bits per heavy atom. The summed E-state index contributed by atoms with van der Waals surface area (Å²) in [7, 11) is 2.00. The van der Waals surface area contributed by atoms with Crippen LogP contribution in [-0.4, -0.2) is 42.3 Å². The first-order valence-corrected chi connectivity index (χ1v) is 5.36. The minimum Gasteiger partial charge on any atom is -0.465 e. The summed E-state index contributed by atoms with van der Waals surface area (Å²) in [6, 6.07) is 0.610. The van der Waals surface area contributed by atoms with Crippen molar-refractivity contribution in [2.24, 2.45) is 11.8 Å². The molecule has 3 atom stereocenters. The third kappa shape index (κ3) is 1.71. The number of nitrogens with zero attached hydrogens (tertiary/aromatic N) is 1. The van der Waals surface area contributed by atoms with Crippen molar-refractivity contribution in [3.63, 3.8) is 0 Å². The number of likely N-dealkylation sites (tertiary alicyclic amines) is 1. The van der Waals surface area contributed by atoms with Crippen LogP contribution in [0.3, 0.4) is 0 Å². The van der Waals surface area contributed by atoms with Crippen LogP contribution < -0.4 is 5.32 Å². The Morgan fingerprint density at radius 2 is 2.14 bits per heavy atom. The van der Waals surface area contributed by atoms with Gasteiger partial charge in [0.1, 0.15) is 0 Å². The molecule has 0 bridgehead atoms. The van der Waals surface area contributed by atoms with Gasteiger partial charge in [0.05, 0.1) is 0 Å². The highest BCUT2D eigenvalue weighted by atomic mass is 16.4. The molecule has 1 heterocycles. The van der Waals surface area contributed by atoms with Crippen molar-refractivity contribution >= 4 is 6.09 Å². The van der Waals surface area contributed by atoms with Gasteiger partial charge in [0.25, 0.3) is 0 Å². The van der Waals surface area contributed by atoms with Crippen molar-refractivity contribution in [2.45, 2.75) is 25.3 Å². The van der Waals surface area contributed by atoms with Gasteiger partial charge in [0.15, 0.2) is 0 Å². The Labute approximate surface area is 84.3 Å². The molecule has 1 aliphatic carbocycles.